The molecule has 0 amide bonds. The van der Waals surface area contributed by atoms with Gasteiger partial charge in [0.2, 0.25) is 0 Å². The minimum absolute atomic E-state index is 0.298. The van der Waals surface area contributed by atoms with Crippen molar-refractivity contribution in [2.75, 3.05) is 0 Å². The molecule has 16 heavy (non-hydrogen) atoms. The lowest BCUT2D eigenvalue weighted by molar-refractivity contribution is -0.157. The average Bonchev–Trinajstić information content (AvgIpc) is 2.08. The summed E-state index contributed by atoms with van der Waals surface area (Å²) in [5.74, 6) is -0.105. The van der Waals surface area contributed by atoms with Gasteiger partial charge in [0, 0.05) is 0 Å². The molecule has 92 valence electrons. The molecule has 0 aliphatic heterocycles. The van der Waals surface area contributed by atoms with Crippen molar-refractivity contribution in [3.05, 3.63) is 0 Å². The summed E-state index contributed by atoms with van der Waals surface area (Å²) in [4.78, 5) is 21.7. The molecule has 0 radical (unpaired) electrons. The Hall–Kier alpha value is -1.35. The number of ether oxygens (including phenoxy) is 1. The first-order valence-electron chi connectivity index (χ1n) is 5.31. The number of nitrogens with one attached hydrogen (secondary N) is 1. The second-order valence-electron chi connectivity index (χ2n) is 5.05. The molecule has 0 rings (SSSR count). The maximum absolute atomic E-state index is 11.7. The Morgan fingerprint density at radius 1 is 1.44 bits per heavy atom. The van der Waals surface area contributed by atoms with Gasteiger partial charge in [-0.05, 0) is 33.1 Å². The molecule has 0 saturated carbocycles. The van der Waals surface area contributed by atoms with Crippen molar-refractivity contribution in [1.82, 2.24) is 5.43 Å². The number of hydrogen-bond acceptors (Lipinski definition) is 5. The Morgan fingerprint density at radius 3 is 2.38 bits per heavy atom. The third-order valence-corrected chi connectivity index (χ3v) is 1.66. The van der Waals surface area contributed by atoms with Crippen molar-refractivity contribution < 1.29 is 14.3 Å². The number of isocyanates is 1. The van der Waals surface area contributed by atoms with Crippen LogP contribution < -0.4 is 5.43 Å². The Kier molecular flexibility index (Phi) is 5.75. The van der Waals surface area contributed by atoms with Gasteiger partial charge in [-0.15, -0.1) is 0 Å². The molecule has 0 heterocycles. The van der Waals surface area contributed by atoms with E-state index < -0.39 is 17.6 Å². The molecule has 5 nitrogen and oxygen atoms in total. The number of esters is 1. The zero-order valence-corrected chi connectivity index (χ0v) is 10.5. The van der Waals surface area contributed by atoms with Gasteiger partial charge in [-0.2, -0.15) is 0 Å². The number of hydrogen-bond donors (Lipinski definition) is 1. The van der Waals surface area contributed by atoms with Crippen molar-refractivity contribution in [3.63, 3.8) is 0 Å². The van der Waals surface area contributed by atoms with Crippen LogP contribution in [0.25, 0.3) is 0 Å². The van der Waals surface area contributed by atoms with Crippen LogP contribution in [0, 0.1) is 5.92 Å². The average molecular weight is 228 g/mol. The maximum Gasteiger partial charge on any atom is 0.330 e. The van der Waals surface area contributed by atoms with Gasteiger partial charge in [0.05, 0.1) is 0 Å². The molecule has 1 atom stereocenters. The number of carbonyl (C=O) groups excluding carboxylic acids is 2. The number of nitrogens with zero attached hydrogens (tertiary/aromatic N) is 1. The van der Waals surface area contributed by atoms with Gasteiger partial charge in [0.25, 0.3) is 6.08 Å². The van der Waals surface area contributed by atoms with Crippen LogP contribution >= 0.6 is 0 Å². The van der Waals surface area contributed by atoms with Gasteiger partial charge in [0.15, 0.2) is 0 Å². The summed E-state index contributed by atoms with van der Waals surface area (Å²) >= 11 is 0. The molecule has 0 unspecified atom stereocenters. The van der Waals surface area contributed by atoms with Crippen molar-refractivity contribution in [2.24, 2.45) is 11.0 Å². The van der Waals surface area contributed by atoms with E-state index in [0.717, 1.165) is 0 Å². The summed E-state index contributed by atoms with van der Waals surface area (Å²) in [7, 11) is 0. The van der Waals surface area contributed by atoms with E-state index in [1.54, 1.807) is 20.8 Å². The van der Waals surface area contributed by atoms with Gasteiger partial charge in [-0.1, -0.05) is 18.9 Å². The molecule has 0 spiro atoms. The molecule has 0 bridgehead atoms. The summed E-state index contributed by atoms with van der Waals surface area (Å²) in [5, 5.41) is 3.22. The summed E-state index contributed by atoms with van der Waals surface area (Å²) in [6.45, 7) is 9.33. The van der Waals surface area contributed by atoms with E-state index >= 15 is 0 Å². The van der Waals surface area contributed by atoms with Crippen molar-refractivity contribution in [1.29, 1.82) is 0 Å². The smallest absolute Gasteiger partial charge is 0.330 e. The van der Waals surface area contributed by atoms with E-state index in [1.165, 1.54) is 6.08 Å². The van der Waals surface area contributed by atoms with Gasteiger partial charge < -0.3 is 4.74 Å². The van der Waals surface area contributed by atoms with Crippen LogP contribution in [0.3, 0.4) is 0 Å². The molecule has 1 N–H and O–H groups in total. The van der Waals surface area contributed by atoms with E-state index in [4.69, 9.17) is 4.74 Å². The Bertz CT molecular complexity index is 275. The monoisotopic (exact) mass is 228 g/mol. The molecule has 0 fully saturated rings. The Balaban J connectivity index is 4.49. The summed E-state index contributed by atoms with van der Waals surface area (Å²) in [5.41, 5.74) is 1.91. The first-order chi connectivity index (χ1) is 7.26. The van der Waals surface area contributed by atoms with E-state index in [2.05, 4.69) is 10.5 Å². The zero-order valence-electron chi connectivity index (χ0n) is 10.5. The fraction of sp³-hybridized carbons (Fsp3) is 0.818. The van der Waals surface area contributed by atoms with Crippen molar-refractivity contribution in [2.45, 2.75) is 52.7 Å². The predicted octanol–water partition coefficient (Wildman–Crippen LogP) is 1.58. The van der Waals surface area contributed by atoms with Gasteiger partial charge in [-0.25, -0.2) is 9.59 Å². The summed E-state index contributed by atoms with van der Waals surface area (Å²) < 4.78 is 5.21. The molecule has 0 saturated heterocycles. The highest BCUT2D eigenvalue weighted by molar-refractivity contribution is 5.76. The quantitative estimate of drug-likeness (QED) is 0.336. The highest BCUT2D eigenvalue weighted by Crippen LogP contribution is 2.12. The molecule has 5 heteroatoms. The lowest BCUT2D eigenvalue weighted by Gasteiger charge is -2.24. The molecule has 0 aromatic rings. The third kappa shape index (κ3) is 7.01. The standard InChI is InChI=1S/C11H20N2O3/c1-8(2)6-9(13-12-7-14)10(15)16-11(3,4)5/h8-9,13H,6H2,1-5H3/t9-/m0/s1. The van der Waals surface area contributed by atoms with E-state index in [0.29, 0.717) is 12.3 Å². The van der Waals surface area contributed by atoms with Crippen LogP contribution in [0.5, 0.6) is 0 Å². The number of hydrazone groups is 1. The predicted molar refractivity (Wildman–Crippen MR) is 60.3 cm³/mol. The van der Waals surface area contributed by atoms with Crippen LogP contribution in [0.4, 0.5) is 0 Å². The highest BCUT2D eigenvalue weighted by Gasteiger charge is 2.25. The summed E-state index contributed by atoms with van der Waals surface area (Å²) in [6, 6.07) is -0.597. The second-order valence-corrected chi connectivity index (χ2v) is 5.05. The second kappa shape index (κ2) is 6.28. The number of rotatable bonds is 5. The van der Waals surface area contributed by atoms with Crippen molar-refractivity contribution >= 4 is 12.0 Å². The van der Waals surface area contributed by atoms with Gasteiger partial charge >= 0.3 is 5.97 Å². The Labute approximate surface area is 96.2 Å². The van der Waals surface area contributed by atoms with Crippen LogP contribution in [0.1, 0.15) is 41.0 Å². The largest absolute Gasteiger partial charge is 0.458 e. The molecule has 0 aromatic carbocycles. The van der Waals surface area contributed by atoms with Crippen LogP contribution in [-0.2, 0) is 14.3 Å². The molecule has 0 aromatic heterocycles. The van der Waals surface area contributed by atoms with Gasteiger partial charge in [-0.3, -0.25) is 5.43 Å². The normalized spacial score (nSPS) is 12.9. The highest BCUT2D eigenvalue weighted by atomic mass is 16.6. The topological polar surface area (TPSA) is 67.8 Å². The lowest BCUT2D eigenvalue weighted by Crippen LogP contribution is -2.39. The van der Waals surface area contributed by atoms with Crippen LogP contribution in [0.2, 0.25) is 0 Å². The molecule has 0 aliphatic rings. The van der Waals surface area contributed by atoms with E-state index in [-0.39, 0.29) is 0 Å². The molecule has 0 aliphatic carbocycles. The third-order valence-electron chi connectivity index (χ3n) is 1.66. The fourth-order valence-corrected chi connectivity index (χ4v) is 1.15. The molecular formula is C11H20N2O3. The SMILES string of the molecule is CC(C)C[C@H](NN=C=O)C(=O)OC(C)(C)C. The van der Waals surface area contributed by atoms with Crippen LogP contribution in [0.15, 0.2) is 5.10 Å². The van der Waals surface area contributed by atoms with E-state index in [1.807, 2.05) is 13.8 Å². The first-order valence-corrected chi connectivity index (χ1v) is 5.31. The minimum Gasteiger partial charge on any atom is -0.458 e. The van der Waals surface area contributed by atoms with E-state index in [9.17, 15) is 9.59 Å². The first kappa shape index (κ1) is 14.6. The minimum atomic E-state index is -0.597. The Morgan fingerprint density at radius 2 is 2.00 bits per heavy atom. The zero-order chi connectivity index (χ0) is 12.8. The maximum atomic E-state index is 11.7. The number of carbonyl (C=O) groups is 1. The van der Waals surface area contributed by atoms with Crippen molar-refractivity contribution in [3.8, 4) is 0 Å². The molecular weight excluding hydrogens is 208 g/mol. The lowest BCUT2D eigenvalue weighted by atomic mass is 10.0. The summed E-state index contributed by atoms with van der Waals surface area (Å²) in [6.07, 6.45) is 1.90. The van der Waals surface area contributed by atoms with Crippen LogP contribution in [-0.4, -0.2) is 23.7 Å². The fourth-order valence-electron chi connectivity index (χ4n) is 1.15. The van der Waals surface area contributed by atoms with Gasteiger partial charge in [0.1, 0.15) is 11.6 Å².